The first-order valence-corrected chi connectivity index (χ1v) is 18.3. The van der Waals surface area contributed by atoms with Gasteiger partial charge in [-0.05, 0) is 49.1 Å². The molecule has 3 aromatic rings. The number of unbranched alkanes of at least 4 members (excludes halogenated alkanes) is 15. The molecule has 1 heterocycles. The molecule has 1 N–H and O–H groups in total. The quantitative estimate of drug-likeness (QED) is 0.0833. The van der Waals surface area contributed by atoms with Crippen molar-refractivity contribution in [2.45, 2.75) is 143 Å². The van der Waals surface area contributed by atoms with Crippen LogP contribution in [0.25, 0.3) is 22.9 Å². The molecule has 0 aliphatic rings. The summed E-state index contributed by atoms with van der Waals surface area (Å²) in [6.45, 7) is 8.59. The van der Waals surface area contributed by atoms with Crippen molar-refractivity contribution in [3.8, 4) is 40.2 Å². The minimum atomic E-state index is -0.00826. The molecule has 0 atom stereocenters. The molecule has 256 valence electrons. The minimum Gasteiger partial charge on any atom is -0.490 e. The van der Waals surface area contributed by atoms with Gasteiger partial charge in [0.2, 0.25) is 17.5 Å². The minimum absolute atomic E-state index is 0.00826. The molecule has 7 nitrogen and oxygen atoms in total. The first kappa shape index (κ1) is 37.4. The summed E-state index contributed by atoms with van der Waals surface area (Å²) in [5.41, 5.74) is 2.38. The van der Waals surface area contributed by atoms with Gasteiger partial charge in [-0.3, -0.25) is 0 Å². The van der Waals surface area contributed by atoms with Crippen molar-refractivity contribution in [3.05, 3.63) is 42.0 Å². The normalized spacial score (nSPS) is 11.2. The molecule has 2 aromatic carbocycles. The Morgan fingerprint density at radius 1 is 0.522 bits per heavy atom. The van der Waals surface area contributed by atoms with Crippen LogP contribution in [-0.2, 0) is 6.61 Å². The lowest BCUT2D eigenvalue weighted by Gasteiger charge is -2.18. The van der Waals surface area contributed by atoms with E-state index in [2.05, 4.69) is 31.0 Å². The molecule has 0 bridgehead atoms. The van der Waals surface area contributed by atoms with Crippen LogP contribution in [0.15, 0.2) is 40.8 Å². The van der Waals surface area contributed by atoms with Gasteiger partial charge < -0.3 is 23.7 Å². The number of hydrogen-bond donors (Lipinski definition) is 1. The standard InChI is InChI=1S/C39H60N2O5/c1-4-7-10-13-16-19-26-43-35-29-34(39-41-40-38(46-39)33-24-22-32(31-42)23-25-33)30-36(44-27-20-17-14-11-8-5-2)37(35)45-28-21-18-15-12-9-6-3/h22-25,29-30,42H,4-21,26-28,31H2,1-3H3. The molecule has 0 amide bonds. The van der Waals surface area contributed by atoms with Crippen molar-refractivity contribution in [1.82, 2.24) is 10.2 Å². The van der Waals surface area contributed by atoms with E-state index in [9.17, 15) is 5.11 Å². The van der Waals surface area contributed by atoms with Gasteiger partial charge in [0.1, 0.15) is 0 Å². The zero-order valence-electron chi connectivity index (χ0n) is 29.0. The average Bonchev–Trinajstić information content (AvgIpc) is 3.58. The van der Waals surface area contributed by atoms with Crippen LogP contribution >= 0.6 is 0 Å². The molecule has 0 saturated carbocycles. The lowest BCUT2D eigenvalue weighted by Crippen LogP contribution is -2.07. The van der Waals surface area contributed by atoms with Gasteiger partial charge in [-0.1, -0.05) is 129 Å². The summed E-state index contributed by atoms with van der Waals surface area (Å²) < 4.78 is 25.4. The van der Waals surface area contributed by atoms with Gasteiger partial charge in [0.25, 0.3) is 0 Å². The van der Waals surface area contributed by atoms with E-state index < -0.39 is 0 Å². The Morgan fingerprint density at radius 3 is 1.39 bits per heavy atom. The molecule has 0 saturated heterocycles. The zero-order valence-corrected chi connectivity index (χ0v) is 29.0. The van der Waals surface area contributed by atoms with Crippen LogP contribution in [0.4, 0.5) is 0 Å². The molecule has 0 aliphatic carbocycles. The van der Waals surface area contributed by atoms with Gasteiger partial charge in [0.05, 0.1) is 26.4 Å². The summed E-state index contributed by atoms with van der Waals surface area (Å²) in [4.78, 5) is 0. The van der Waals surface area contributed by atoms with Gasteiger partial charge in [-0.15, -0.1) is 10.2 Å². The molecule has 46 heavy (non-hydrogen) atoms. The second-order valence-corrected chi connectivity index (χ2v) is 12.4. The van der Waals surface area contributed by atoms with E-state index >= 15 is 0 Å². The third-order valence-electron chi connectivity index (χ3n) is 8.33. The lowest BCUT2D eigenvalue weighted by atomic mass is 10.1. The molecular formula is C39H60N2O5. The predicted molar refractivity (Wildman–Crippen MR) is 188 cm³/mol. The summed E-state index contributed by atoms with van der Waals surface area (Å²) >= 11 is 0. The number of aliphatic hydroxyl groups excluding tert-OH is 1. The second-order valence-electron chi connectivity index (χ2n) is 12.4. The summed E-state index contributed by atoms with van der Waals surface area (Å²) in [5, 5.41) is 18.1. The molecular weight excluding hydrogens is 576 g/mol. The first-order valence-electron chi connectivity index (χ1n) is 18.3. The second kappa shape index (κ2) is 23.3. The van der Waals surface area contributed by atoms with Crippen molar-refractivity contribution >= 4 is 0 Å². The smallest absolute Gasteiger partial charge is 0.248 e. The van der Waals surface area contributed by atoms with Gasteiger partial charge in [-0.25, -0.2) is 0 Å². The summed E-state index contributed by atoms with van der Waals surface area (Å²) in [5.74, 6) is 2.84. The van der Waals surface area contributed by atoms with Gasteiger partial charge in [-0.2, -0.15) is 0 Å². The molecule has 0 spiro atoms. The fourth-order valence-electron chi connectivity index (χ4n) is 5.45. The Hall–Kier alpha value is -3.06. The monoisotopic (exact) mass is 636 g/mol. The summed E-state index contributed by atoms with van der Waals surface area (Å²) in [6.07, 6.45) is 21.6. The van der Waals surface area contributed by atoms with Crippen molar-refractivity contribution in [3.63, 3.8) is 0 Å². The van der Waals surface area contributed by atoms with E-state index in [1.54, 1.807) is 0 Å². The van der Waals surface area contributed by atoms with E-state index in [1.165, 1.54) is 77.0 Å². The highest BCUT2D eigenvalue weighted by molar-refractivity contribution is 5.66. The number of benzene rings is 2. The fourth-order valence-corrected chi connectivity index (χ4v) is 5.45. The van der Waals surface area contributed by atoms with Crippen LogP contribution in [0.2, 0.25) is 0 Å². The fraction of sp³-hybridized carbons (Fsp3) is 0.641. The Bertz CT molecular complexity index is 1150. The Kier molecular flexibility index (Phi) is 18.9. The van der Waals surface area contributed by atoms with E-state index in [0.29, 0.717) is 48.9 Å². The van der Waals surface area contributed by atoms with Crippen LogP contribution < -0.4 is 14.2 Å². The summed E-state index contributed by atoms with van der Waals surface area (Å²) in [6, 6.07) is 11.4. The number of nitrogens with zero attached hydrogens (tertiary/aromatic N) is 2. The maximum absolute atomic E-state index is 9.40. The topological polar surface area (TPSA) is 86.8 Å². The maximum Gasteiger partial charge on any atom is 0.248 e. The van der Waals surface area contributed by atoms with E-state index in [1.807, 2.05) is 36.4 Å². The number of aliphatic hydroxyl groups is 1. The van der Waals surface area contributed by atoms with Crippen LogP contribution in [0.3, 0.4) is 0 Å². The number of ether oxygens (including phenoxy) is 3. The average molecular weight is 637 g/mol. The Labute approximate surface area is 278 Å². The van der Waals surface area contributed by atoms with E-state index in [4.69, 9.17) is 18.6 Å². The number of rotatable bonds is 27. The van der Waals surface area contributed by atoms with Crippen molar-refractivity contribution < 1.29 is 23.7 Å². The van der Waals surface area contributed by atoms with Gasteiger partial charge >= 0.3 is 0 Å². The zero-order chi connectivity index (χ0) is 32.7. The number of aromatic nitrogens is 2. The highest BCUT2D eigenvalue weighted by Gasteiger charge is 2.20. The first-order chi connectivity index (χ1) is 22.7. The van der Waals surface area contributed by atoms with Crippen molar-refractivity contribution in [1.29, 1.82) is 0 Å². The van der Waals surface area contributed by atoms with E-state index in [0.717, 1.165) is 55.2 Å². The molecule has 0 radical (unpaired) electrons. The SMILES string of the molecule is CCCCCCCCOc1cc(-c2nnc(-c3ccc(CO)cc3)o2)cc(OCCCCCCCC)c1OCCCCCCCC. The van der Waals surface area contributed by atoms with Gasteiger partial charge in [0.15, 0.2) is 11.5 Å². The molecule has 0 aliphatic heterocycles. The third-order valence-corrected chi connectivity index (χ3v) is 8.33. The van der Waals surface area contributed by atoms with Crippen molar-refractivity contribution in [2.24, 2.45) is 0 Å². The van der Waals surface area contributed by atoms with Crippen LogP contribution in [0.1, 0.15) is 142 Å². The Morgan fingerprint density at radius 2 is 0.935 bits per heavy atom. The number of hydrogen-bond acceptors (Lipinski definition) is 7. The van der Waals surface area contributed by atoms with Gasteiger partial charge in [0, 0.05) is 11.1 Å². The Balaban J connectivity index is 1.81. The molecule has 1 aromatic heterocycles. The molecule has 3 rings (SSSR count). The lowest BCUT2D eigenvalue weighted by molar-refractivity contribution is 0.234. The largest absolute Gasteiger partial charge is 0.490 e. The predicted octanol–water partition coefficient (Wildman–Crippen LogP) is 11.1. The highest BCUT2D eigenvalue weighted by atomic mass is 16.5. The molecule has 0 unspecified atom stereocenters. The van der Waals surface area contributed by atoms with Crippen LogP contribution in [0, 0.1) is 0 Å². The van der Waals surface area contributed by atoms with E-state index in [-0.39, 0.29) is 6.61 Å². The highest BCUT2D eigenvalue weighted by Crippen LogP contribution is 2.42. The third kappa shape index (κ3) is 13.7. The molecule has 0 fully saturated rings. The summed E-state index contributed by atoms with van der Waals surface area (Å²) in [7, 11) is 0. The molecule has 7 heteroatoms. The van der Waals surface area contributed by atoms with Crippen LogP contribution in [0.5, 0.6) is 17.2 Å². The van der Waals surface area contributed by atoms with Crippen LogP contribution in [-0.4, -0.2) is 35.1 Å². The van der Waals surface area contributed by atoms with Crippen molar-refractivity contribution in [2.75, 3.05) is 19.8 Å². The maximum atomic E-state index is 9.40.